The van der Waals surface area contributed by atoms with Crippen molar-refractivity contribution in [3.63, 3.8) is 0 Å². The predicted octanol–water partition coefficient (Wildman–Crippen LogP) is 3.26. The minimum Gasteiger partial charge on any atom is -0.497 e. The molecule has 2 aromatic rings. The first-order valence-corrected chi connectivity index (χ1v) is 6.89. The molecule has 0 amide bonds. The Labute approximate surface area is 132 Å². The van der Waals surface area contributed by atoms with E-state index in [0.29, 0.717) is 28.2 Å². The van der Waals surface area contributed by atoms with Crippen LogP contribution in [0, 0.1) is 10.1 Å². The van der Waals surface area contributed by atoms with Crippen LogP contribution in [0.15, 0.2) is 48.0 Å². The molecule has 6 nitrogen and oxygen atoms in total. The summed E-state index contributed by atoms with van der Waals surface area (Å²) in [5.41, 5.74) is 1.69. The molecule has 0 bridgehead atoms. The number of ether oxygens (including phenoxy) is 2. The second-order valence-electron chi connectivity index (χ2n) is 5.00. The molecular weight excluding hydrogens is 298 g/mol. The zero-order valence-electron chi connectivity index (χ0n) is 12.3. The van der Waals surface area contributed by atoms with E-state index in [9.17, 15) is 14.9 Å². The van der Waals surface area contributed by atoms with Gasteiger partial charge in [0.1, 0.15) is 18.1 Å². The smallest absolute Gasteiger partial charge is 0.269 e. The number of nitro benzene ring substituents is 1. The molecule has 0 radical (unpaired) electrons. The van der Waals surface area contributed by atoms with E-state index < -0.39 is 4.92 Å². The molecule has 0 saturated heterocycles. The van der Waals surface area contributed by atoms with E-state index in [1.54, 1.807) is 43.5 Å². The van der Waals surface area contributed by atoms with Crippen molar-refractivity contribution in [1.29, 1.82) is 0 Å². The summed E-state index contributed by atoms with van der Waals surface area (Å²) in [6.45, 7) is 0.149. The van der Waals surface area contributed by atoms with Crippen LogP contribution in [0.5, 0.6) is 11.5 Å². The third-order valence-corrected chi connectivity index (χ3v) is 3.55. The number of carbonyl (C=O) groups is 1. The maximum absolute atomic E-state index is 12.5. The predicted molar refractivity (Wildman–Crippen MR) is 83.9 cm³/mol. The number of non-ortho nitro benzene ring substituents is 1. The van der Waals surface area contributed by atoms with Gasteiger partial charge in [-0.25, -0.2) is 0 Å². The summed E-state index contributed by atoms with van der Waals surface area (Å²) in [5.74, 6) is 1.00. The Morgan fingerprint density at radius 1 is 1.22 bits per heavy atom. The van der Waals surface area contributed by atoms with Crippen LogP contribution in [-0.4, -0.2) is 24.4 Å². The van der Waals surface area contributed by atoms with Gasteiger partial charge in [0.05, 0.1) is 17.6 Å². The van der Waals surface area contributed by atoms with Gasteiger partial charge in [0, 0.05) is 23.8 Å². The molecule has 0 spiro atoms. The highest BCUT2D eigenvalue weighted by Crippen LogP contribution is 2.31. The van der Waals surface area contributed by atoms with Crippen LogP contribution in [0.3, 0.4) is 0 Å². The SMILES string of the molecule is COc1ccc2c(c1)OC/C(=C/c1ccc([N+](=O)[O-])cc1)C2=O. The topological polar surface area (TPSA) is 78.7 Å². The number of ketones is 1. The Morgan fingerprint density at radius 2 is 1.96 bits per heavy atom. The van der Waals surface area contributed by atoms with E-state index in [1.165, 1.54) is 12.1 Å². The van der Waals surface area contributed by atoms with Gasteiger partial charge in [-0.2, -0.15) is 0 Å². The number of benzene rings is 2. The Morgan fingerprint density at radius 3 is 2.61 bits per heavy atom. The second-order valence-corrected chi connectivity index (χ2v) is 5.00. The summed E-state index contributed by atoms with van der Waals surface area (Å²) in [6.07, 6.45) is 1.68. The number of nitrogens with zero attached hydrogens (tertiary/aromatic N) is 1. The first kappa shape index (κ1) is 14.8. The highest BCUT2D eigenvalue weighted by Gasteiger charge is 2.23. The normalized spacial score (nSPS) is 15.0. The second kappa shape index (κ2) is 5.92. The lowest BCUT2D eigenvalue weighted by Gasteiger charge is -2.19. The number of hydrogen-bond acceptors (Lipinski definition) is 5. The third-order valence-electron chi connectivity index (χ3n) is 3.55. The van der Waals surface area contributed by atoms with Crippen molar-refractivity contribution in [2.75, 3.05) is 13.7 Å². The van der Waals surface area contributed by atoms with Gasteiger partial charge in [-0.15, -0.1) is 0 Å². The summed E-state index contributed by atoms with van der Waals surface area (Å²) in [4.78, 5) is 22.7. The Hall–Kier alpha value is -3.15. The molecule has 6 heteroatoms. The quantitative estimate of drug-likeness (QED) is 0.494. The van der Waals surface area contributed by atoms with E-state index >= 15 is 0 Å². The summed E-state index contributed by atoms with van der Waals surface area (Å²) in [5, 5.41) is 10.6. The molecule has 1 heterocycles. The van der Waals surface area contributed by atoms with Gasteiger partial charge in [-0.3, -0.25) is 14.9 Å². The molecule has 116 valence electrons. The van der Waals surface area contributed by atoms with Gasteiger partial charge < -0.3 is 9.47 Å². The summed E-state index contributed by atoms with van der Waals surface area (Å²) in [7, 11) is 1.55. The lowest BCUT2D eigenvalue weighted by atomic mass is 9.98. The van der Waals surface area contributed by atoms with E-state index in [4.69, 9.17) is 9.47 Å². The largest absolute Gasteiger partial charge is 0.497 e. The minimum absolute atomic E-state index is 0.0100. The number of nitro groups is 1. The molecule has 0 atom stereocenters. The molecule has 1 aliphatic heterocycles. The zero-order valence-corrected chi connectivity index (χ0v) is 12.3. The van der Waals surface area contributed by atoms with Gasteiger partial charge >= 0.3 is 0 Å². The highest BCUT2D eigenvalue weighted by atomic mass is 16.6. The van der Waals surface area contributed by atoms with Crippen LogP contribution in [0.1, 0.15) is 15.9 Å². The van der Waals surface area contributed by atoms with Gasteiger partial charge in [0.15, 0.2) is 5.78 Å². The maximum atomic E-state index is 12.5. The molecule has 2 aromatic carbocycles. The van der Waals surface area contributed by atoms with Gasteiger partial charge in [0.25, 0.3) is 5.69 Å². The fourth-order valence-corrected chi connectivity index (χ4v) is 2.33. The lowest BCUT2D eigenvalue weighted by Crippen LogP contribution is -2.19. The first-order valence-electron chi connectivity index (χ1n) is 6.89. The molecular formula is C17H13NO5. The monoisotopic (exact) mass is 311 g/mol. The maximum Gasteiger partial charge on any atom is 0.269 e. The van der Waals surface area contributed by atoms with Crippen LogP contribution in [0.2, 0.25) is 0 Å². The van der Waals surface area contributed by atoms with Crippen LogP contribution >= 0.6 is 0 Å². The Kier molecular flexibility index (Phi) is 3.80. The number of hydrogen-bond donors (Lipinski definition) is 0. The average Bonchev–Trinajstić information content (AvgIpc) is 2.57. The van der Waals surface area contributed by atoms with Crippen LogP contribution < -0.4 is 9.47 Å². The summed E-state index contributed by atoms with van der Waals surface area (Å²) < 4.78 is 10.7. The summed E-state index contributed by atoms with van der Waals surface area (Å²) >= 11 is 0. The highest BCUT2D eigenvalue weighted by molar-refractivity contribution is 6.14. The van der Waals surface area contributed by atoms with Crippen LogP contribution in [0.25, 0.3) is 6.08 Å². The number of rotatable bonds is 3. The molecule has 1 aliphatic rings. The third kappa shape index (κ3) is 2.91. The van der Waals surface area contributed by atoms with Crippen molar-refractivity contribution in [2.45, 2.75) is 0 Å². The number of carbonyl (C=O) groups excluding carboxylic acids is 1. The average molecular weight is 311 g/mol. The number of Topliss-reactive ketones (excluding diaryl/α,β-unsaturated/α-hetero) is 1. The van der Waals surface area contributed by atoms with Crippen molar-refractivity contribution in [3.8, 4) is 11.5 Å². The van der Waals surface area contributed by atoms with E-state index in [0.717, 1.165) is 0 Å². The van der Waals surface area contributed by atoms with E-state index in [1.807, 2.05) is 0 Å². The first-order chi connectivity index (χ1) is 11.1. The van der Waals surface area contributed by atoms with Crippen molar-refractivity contribution in [3.05, 3.63) is 69.3 Å². The van der Waals surface area contributed by atoms with E-state index in [-0.39, 0.29) is 18.1 Å². The number of fused-ring (bicyclic) bond motifs is 1. The Balaban J connectivity index is 1.89. The van der Waals surface area contributed by atoms with Crippen LogP contribution in [0.4, 0.5) is 5.69 Å². The molecule has 0 aliphatic carbocycles. The van der Waals surface area contributed by atoms with Gasteiger partial charge in [-0.05, 0) is 35.9 Å². The van der Waals surface area contributed by atoms with Crippen LogP contribution in [-0.2, 0) is 0 Å². The fraction of sp³-hybridized carbons (Fsp3) is 0.118. The zero-order chi connectivity index (χ0) is 16.4. The number of methoxy groups -OCH3 is 1. The molecule has 23 heavy (non-hydrogen) atoms. The molecule has 0 N–H and O–H groups in total. The molecule has 0 aromatic heterocycles. The van der Waals surface area contributed by atoms with Crippen molar-refractivity contribution in [1.82, 2.24) is 0 Å². The standard InChI is InChI=1S/C17H13NO5/c1-22-14-6-7-15-16(9-14)23-10-12(17(15)19)8-11-2-4-13(5-3-11)18(20)21/h2-9H,10H2,1H3/b12-8-. The van der Waals surface area contributed by atoms with Crippen molar-refractivity contribution < 1.29 is 19.2 Å². The van der Waals surface area contributed by atoms with Crippen molar-refractivity contribution in [2.24, 2.45) is 0 Å². The van der Waals surface area contributed by atoms with Gasteiger partial charge in [0.2, 0.25) is 0 Å². The van der Waals surface area contributed by atoms with Crippen molar-refractivity contribution >= 4 is 17.5 Å². The minimum atomic E-state index is -0.463. The summed E-state index contributed by atoms with van der Waals surface area (Å²) in [6, 6.07) is 11.0. The molecule has 0 saturated carbocycles. The van der Waals surface area contributed by atoms with E-state index in [2.05, 4.69) is 0 Å². The molecule has 3 rings (SSSR count). The molecule has 0 unspecified atom stereocenters. The Bertz CT molecular complexity index is 808. The van der Waals surface area contributed by atoms with Gasteiger partial charge in [-0.1, -0.05) is 0 Å². The fourth-order valence-electron chi connectivity index (χ4n) is 2.33. The lowest BCUT2D eigenvalue weighted by molar-refractivity contribution is -0.384. The molecule has 0 fully saturated rings.